The third-order valence-electron chi connectivity index (χ3n) is 5.83. The Balaban J connectivity index is 2.21. The lowest BCUT2D eigenvalue weighted by molar-refractivity contribution is -0.276. The molecule has 12 atom stereocenters. The van der Waals surface area contributed by atoms with Crippen LogP contribution in [0.2, 0.25) is 0 Å². The van der Waals surface area contributed by atoms with E-state index in [9.17, 15) is 55.2 Å². The van der Waals surface area contributed by atoms with Gasteiger partial charge in [-0.15, -0.1) is 0 Å². The molecule has 2 aliphatic rings. The predicted molar refractivity (Wildman–Crippen MR) is 121 cm³/mol. The van der Waals surface area contributed by atoms with Crippen LogP contribution in [-0.4, -0.2) is 143 Å². The molecule has 2 heterocycles. The Labute approximate surface area is 217 Å². The highest BCUT2D eigenvalue weighted by Crippen LogP contribution is 2.22. The van der Waals surface area contributed by atoms with E-state index >= 15 is 0 Å². The molecule has 0 spiro atoms. The van der Waals surface area contributed by atoms with Gasteiger partial charge < -0.3 is 65.7 Å². The molecule has 0 aliphatic carbocycles. The predicted octanol–water partition coefficient (Wildman–Crippen LogP) is -5.25. The maximum Gasteiger partial charge on any atom is 0.413 e. The minimum absolute atomic E-state index is 0.842. The van der Waals surface area contributed by atoms with Crippen LogP contribution in [0.3, 0.4) is 0 Å². The molecule has 38 heavy (non-hydrogen) atoms. The van der Waals surface area contributed by atoms with Crippen molar-refractivity contribution < 1.29 is 69.4 Å². The number of hydrogen-bond acceptors (Lipinski definition) is 14. The third kappa shape index (κ3) is 7.26. The molecular weight excluding hydrogens is 518 g/mol. The van der Waals surface area contributed by atoms with Crippen molar-refractivity contribution in [2.45, 2.75) is 114 Å². The fraction of sp³-hybridized carbons (Fsp3) is 0.857. The van der Waals surface area contributed by atoms with Crippen LogP contribution in [-0.2, 0) is 23.8 Å². The van der Waals surface area contributed by atoms with E-state index < -0.39 is 97.3 Å². The van der Waals surface area contributed by atoms with Gasteiger partial charge in [-0.3, -0.25) is 14.5 Å². The zero-order valence-corrected chi connectivity index (χ0v) is 21.4. The lowest BCUT2D eigenvalue weighted by Gasteiger charge is -2.41. The van der Waals surface area contributed by atoms with E-state index in [1.807, 2.05) is 0 Å². The van der Waals surface area contributed by atoms with Gasteiger partial charge in [-0.05, 0) is 34.6 Å². The number of aliphatic hydroxyl groups excluding tert-OH is 8. The molecule has 2 fully saturated rings. The molecule has 0 saturated carbocycles. The van der Waals surface area contributed by atoms with Crippen LogP contribution in [0.15, 0.2) is 0 Å². The van der Waals surface area contributed by atoms with Crippen molar-refractivity contribution in [2.24, 2.45) is 0 Å². The number of amides is 3. The fourth-order valence-electron chi connectivity index (χ4n) is 3.84. The maximum absolute atomic E-state index is 13.0. The van der Waals surface area contributed by atoms with E-state index in [4.69, 9.17) is 14.2 Å². The van der Waals surface area contributed by atoms with Crippen LogP contribution in [0.4, 0.5) is 4.79 Å². The van der Waals surface area contributed by atoms with Gasteiger partial charge in [0.2, 0.25) is 0 Å². The van der Waals surface area contributed by atoms with Gasteiger partial charge in [-0.2, -0.15) is 0 Å². The average molecular weight is 556 g/mol. The molecule has 220 valence electrons. The summed E-state index contributed by atoms with van der Waals surface area (Å²) in [6.07, 6.45) is -22.8. The number of nitrogens with one attached hydrogen (secondary N) is 2. The largest absolute Gasteiger partial charge is 0.444 e. The number of carbonyl (C=O) groups excluding carboxylic acids is 3. The Bertz CT molecular complexity index is 802. The summed E-state index contributed by atoms with van der Waals surface area (Å²) >= 11 is 0. The number of rotatable bonds is 6. The van der Waals surface area contributed by atoms with Crippen molar-refractivity contribution in [3.8, 4) is 0 Å². The summed E-state index contributed by atoms with van der Waals surface area (Å²) in [5, 5.41) is 83.1. The van der Waals surface area contributed by atoms with E-state index in [0.29, 0.717) is 0 Å². The van der Waals surface area contributed by atoms with Gasteiger partial charge in [0.05, 0.1) is 0 Å². The van der Waals surface area contributed by atoms with Crippen molar-refractivity contribution in [1.29, 1.82) is 0 Å². The Morgan fingerprint density at radius 1 is 0.684 bits per heavy atom. The minimum Gasteiger partial charge on any atom is -0.444 e. The standard InChI is InChI=1S/C21H37N3O14/c1-6(22-16(31)14-10(27)8(25)12(29)18(33)36-14)24(20(35)38-21(3,4)5)7(2)23-17(32)15-11(28)9(26)13(30)19(34)37-15/h6-15,18-19,25-30,33-34H,1-5H3,(H,22,31)(H,23,32). The molecule has 0 aromatic rings. The third-order valence-corrected chi connectivity index (χ3v) is 5.83. The summed E-state index contributed by atoms with van der Waals surface area (Å²) in [4.78, 5) is 39.4. The van der Waals surface area contributed by atoms with E-state index in [-0.39, 0.29) is 0 Å². The number of carbonyl (C=O) groups is 3. The second-order valence-electron chi connectivity index (χ2n) is 10.1. The van der Waals surface area contributed by atoms with Crippen molar-refractivity contribution in [2.75, 3.05) is 0 Å². The molecule has 0 bridgehead atoms. The number of nitrogens with zero attached hydrogens (tertiary/aromatic N) is 1. The monoisotopic (exact) mass is 555 g/mol. The molecule has 10 N–H and O–H groups in total. The first kappa shape index (κ1) is 32.0. The smallest absolute Gasteiger partial charge is 0.413 e. The van der Waals surface area contributed by atoms with Gasteiger partial charge in [-0.25, -0.2) is 4.79 Å². The van der Waals surface area contributed by atoms with Gasteiger partial charge in [-0.1, -0.05) is 0 Å². The molecule has 2 saturated heterocycles. The van der Waals surface area contributed by atoms with Crippen molar-refractivity contribution in [3.05, 3.63) is 0 Å². The van der Waals surface area contributed by atoms with Crippen LogP contribution in [0.25, 0.3) is 0 Å². The number of hydrogen-bond donors (Lipinski definition) is 10. The summed E-state index contributed by atoms with van der Waals surface area (Å²) in [6, 6.07) is 0. The molecule has 2 aliphatic heterocycles. The number of aliphatic hydroxyl groups is 8. The van der Waals surface area contributed by atoms with E-state index in [1.165, 1.54) is 13.8 Å². The number of ether oxygens (including phenoxy) is 3. The summed E-state index contributed by atoms with van der Waals surface area (Å²) in [7, 11) is 0. The van der Waals surface area contributed by atoms with Crippen LogP contribution in [0, 0.1) is 0 Å². The van der Waals surface area contributed by atoms with Crippen molar-refractivity contribution in [3.63, 3.8) is 0 Å². The van der Waals surface area contributed by atoms with Gasteiger partial charge >= 0.3 is 6.09 Å². The SMILES string of the molecule is CC(NC(=O)C1OC(O)C(O)C(O)C1O)N(C(=O)OC(C)(C)C)C(C)NC(=O)C1OC(O)C(O)C(O)C1O. The molecule has 0 aromatic heterocycles. The zero-order valence-electron chi connectivity index (χ0n) is 21.4. The van der Waals surface area contributed by atoms with Crippen LogP contribution < -0.4 is 10.6 Å². The molecule has 12 unspecified atom stereocenters. The second-order valence-corrected chi connectivity index (χ2v) is 10.1. The van der Waals surface area contributed by atoms with Crippen LogP contribution in [0.5, 0.6) is 0 Å². The summed E-state index contributed by atoms with van der Waals surface area (Å²) in [5.41, 5.74) is -1.02. The van der Waals surface area contributed by atoms with E-state index in [1.54, 1.807) is 20.8 Å². The van der Waals surface area contributed by atoms with E-state index in [0.717, 1.165) is 4.90 Å². The quantitative estimate of drug-likeness (QED) is 0.137. The fourth-order valence-corrected chi connectivity index (χ4v) is 3.84. The van der Waals surface area contributed by atoms with Crippen molar-refractivity contribution in [1.82, 2.24) is 15.5 Å². The van der Waals surface area contributed by atoms with E-state index in [2.05, 4.69) is 10.6 Å². The van der Waals surface area contributed by atoms with Gasteiger partial charge in [0.1, 0.15) is 54.6 Å². The lowest BCUT2D eigenvalue weighted by Crippen LogP contribution is -2.66. The van der Waals surface area contributed by atoms with Crippen molar-refractivity contribution >= 4 is 17.9 Å². The first-order valence-corrected chi connectivity index (χ1v) is 11.7. The van der Waals surface area contributed by atoms with Gasteiger partial charge in [0.15, 0.2) is 24.8 Å². The summed E-state index contributed by atoms with van der Waals surface area (Å²) < 4.78 is 15.1. The highest BCUT2D eigenvalue weighted by atomic mass is 16.6. The lowest BCUT2D eigenvalue weighted by atomic mass is 9.98. The Morgan fingerprint density at radius 2 is 1.03 bits per heavy atom. The average Bonchev–Trinajstić information content (AvgIpc) is 2.79. The topological polar surface area (TPSA) is 268 Å². The molecule has 0 aromatic carbocycles. The molecule has 0 radical (unpaired) electrons. The molecule has 2 rings (SSSR count). The first-order valence-electron chi connectivity index (χ1n) is 11.7. The molecule has 17 nitrogen and oxygen atoms in total. The molecular formula is C21H37N3O14. The zero-order chi connectivity index (χ0) is 29.3. The highest BCUT2D eigenvalue weighted by molar-refractivity contribution is 5.83. The first-order chi connectivity index (χ1) is 17.4. The van der Waals surface area contributed by atoms with Crippen LogP contribution >= 0.6 is 0 Å². The van der Waals surface area contributed by atoms with Crippen LogP contribution in [0.1, 0.15) is 34.6 Å². The van der Waals surface area contributed by atoms with Gasteiger partial charge in [0.25, 0.3) is 11.8 Å². The summed E-state index contributed by atoms with van der Waals surface area (Å²) in [5.74, 6) is -2.21. The molecule has 3 amide bonds. The Hall–Kier alpha value is -2.19. The molecule has 17 heteroatoms. The Kier molecular flexibility index (Phi) is 10.4. The maximum atomic E-state index is 13.0. The minimum atomic E-state index is -1.99. The summed E-state index contributed by atoms with van der Waals surface area (Å²) in [6.45, 7) is 7.23. The normalized spacial score (nSPS) is 37.5. The highest BCUT2D eigenvalue weighted by Gasteiger charge is 2.48. The second kappa shape index (κ2) is 12.3. The van der Waals surface area contributed by atoms with Gasteiger partial charge in [0, 0.05) is 0 Å². The Morgan fingerprint density at radius 3 is 1.34 bits per heavy atom.